The second kappa shape index (κ2) is 8.39. The average Bonchev–Trinajstić information content (AvgIpc) is 2.46. The van der Waals surface area contributed by atoms with Gasteiger partial charge in [-0.1, -0.05) is 49.2 Å². The lowest BCUT2D eigenvalue weighted by Gasteiger charge is -2.13. The molecule has 2 aromatic carbocycles. The van der Waals surface area contributed by atoms with Gasteiger partial charge in [0, 0.05) is 5.69 Å². The van der Waals surface area contributed by atoms with Crippen molar-refractivity contribution in [1.29, 1.82) is 0 Å². The van der Waals surface area contributed by atoms with Crippen molar-refractivity contribution in [3.8, 4) is 0 Å². The van der Waals surface area contributed by atoms with Crippen LogP contribution in [-0.4, -0.2) is 11.1 Å². The quantitative estimate of drug-likeness (QED) is 0.814. The molecule has 0 spiro atoms. The van der Waals surface area contributed by atoms with Gasteiger partial charge in [-0.15, -0.1) is 0 Å². The minimum Gasteiger partial charge on any atom is -0.481 e. The molecular formula is C17H19ClFNO2. The van der Waals surface area contributed by atoms with E-state index in [0.29, 0.717) is 11.3 Å². The number of carboxylic acid groups (broad SMARTS) is 1. The van der Waals surface area contributed by atoms with Crippen LogP contribution < -0.4 is 5.32 Å². The van der Waals surface area contributed by atoms with E-state index < -0.39 is 11.8 Å². The van der Waals surface area contributed by atoms with Crippen LogP contribution in [0, 0.1) is 12.7 Å². The minimum atomic E-state index is -0.946. The summed E-state index contributed by atoms with van der Waals surface area (Å²) in [5.41, 5.74) is 2.19. The van der Waals surface area contributed by atoms with E-state index in [0.717, 1.165) is 5.56 Å². The van der Waals surface area contributed by atoms with Crippen molar-refractivity contribution in [2.75, 3.05) is 5.32 Å². The highest BCUT2D eigenvalue weighted by atomic mass is 35.5. The van der Waals surface area contributed by atoms with Crippen LogP contribution in [0.5, 0.6) is 0 Å². The van der Waals surface area contributed by atoms with Crippen molar-refractivity contribution in [2.24, 2.45) is 0 Å². The second-order valence-electron chi connectivity index (χ2n) is 4.45. The summed E-state index contributed by atoms with van der Waals surface area (Å²) in [6.07, 6.45) is -0.143. The number of nitrogens with one attached hydrogen (secondary N) is 1. The lowest BCUT2D eigenvalue weighted by atomic mass is 10.1. The molecule has 0 aliphatic carbocycles. The van der Waals surface area contributed by atoms with E-state index in [4.69, 9.17) is 16.7 Å². The Kier molecular flexibility index (Phi) is 6.86. The first-order valence-corrected chi connectivity index (χ1v) is 7.37. The molecule has 5 heteroatoms. The van der Waals surface area contributed by atoms with Crippen LogP contribution in [0.3, 0.4) is 0 Å². The lowest BCUT2D eigenvalue weighted by molar-refractivity contribution is -0.136. The first-order valence-electron chi connectivity index (χ1n) is 6.99. The fourth-order valence-electron chi connectivity index (χ4n) is 1.91. The molecule has 0 amide bonds. The molecular weight excluding hydrogens is 305 g/mol. The Hall–Kier alpha value is -2.07. The minimum absolute atomic E-state index is 0.143. The van der Waals surface area contributed by atoms with Gasteiger partial charge in [0.05, 0.1) is 17.1 Å². The van der Waals surface area contributed by atoms with Gasteiger partial charge >= 0.3 is 5.97 Å². The normalized spacial score (nSPS) is 9.68. The van der Waals surface area contributed by atoms with E-state index in [-0.39, 0.29) is 17.1 Å². The first-order chi connectivity index (χ1) is 10.5. The molecule has 0 fully saturated rings. The van der Waals surface area contributed by atoms with Crippen LogP contribution in [0.4, 0.5) is 15.8 Å². The fraction of sp³-hybridized carbons (Fsp3) is 0.235. The van der Waals surface area contributed by atoms with Crippen molar-refractivity contribution in [1.82, 2.24) is 0 Å². The third-order valence-corrected chi connectivity index (χ3v) is 3.14. The van der Waals surface area contributed by atoms with Crippen LogP contribution in [-0.2, 0) is 11.2 Å². The molecule has 0 heterocycles. The zero-order chi connectivity index (χ0) is 16.7. The molecule has 0 aliphatic heterocycles. The number of aryl methyl sites for hydroxylation is 1. The number of anilines is 2. The van der Waals surface area contributed by atoms with E-state index in [1.165, 1.54) is 12.1 Å². The lowest BCUT2D eigenvalue weighted by Crippen LogP contribution is -2.05. The molecule has 2 rings (SSSR count). The van der Waals surface area contributed by atoms with Crippen LogP contribution in [0.1, 0.15) is 25.0 Å². The van der Waals surface area contributed by atoms with E-state index >= 15 is 0 Å². The standard InChI is InChI=1S/C15H13ClFNO2.C2H6/c1-9-5-6-13(10(7-9)8-14(19)20)18-15-11(16)3-2-4-12(15)17;1-2/h2-7,18H,8H2,1H3,(H,19,20);1-2H3. The molecule has 2 aromatic rings. The highest BCUT2D eigenvalue weighted by Crippen LogP contribution is 2.30. The van der Waals surface area contributed by atoms with Crippen LogP contribution in [0.2, 0.25) is 5.02 Å². The Labute approximate surface area is 134 Å². The summed E-state index contributed by atoms with van der Waals surface area (Å²) in [6.45, 7) is 5.87. The Morgan fingerprint density at radius 2 is 1.95 bits per heavy atom. The molecule has 22 heavy (non-hydrogen) atoms. The molecule has 3 nitrogen and oxygen atoms in total. The van der Waals surface area contributed by atoms with Gasteiger partial charge in [-0.25, -0.2) is 4.39 Å². The zero-order valence-electron chi connectivity index (χ0n) is 12.8. The van der Waals surface area contributed by atoms with Crippen LogP contribution in [0.25, 0.3) is 0 Å². The number of halogens is 2. The molecule has 2 N–H and O–H groups in total. The molecule has 118 valence electrons. The maximum absolute atomic E-state index is 13.7. The molecule has 0 atom stereocenters. The number of para-hydroxylation sites is 1. The predicted molar refractivity (Wildman–Crippen MR) is 88.6 cm³/mol. The molecule has 0 bridgehead atoms. The maximum Gasteiger partial charge on any atom is 0.307 e. The number of carboxylic acids is 1. The zero-order valence-corrected chi connectivity index (χ0v) is 13.5. The van der Waals surface area contributed by atoms with Crippen molar-refractivity contribution in [3.05, 3.63) is 58.4 Å². The molecule has 0 unspecified atom stereocenters. The average molecular weight is 324 g/mol. The number of aliphatic carboxylic acids is 1. The summed E-state index contributed by atoms with van der Waals surface area (Å²) in [7, 11) is 0. The fourth-order valence-corrected chi connectivity index (χ4v) is 2.12. The summed E-state index contributed by atoms with van der Waals surface area (Å²) >= 11 is 5.95. The number of hydrogen-bond donors (Lipinski definition) is 2. The number of benzene rings is 2. The van der Waals surface area contributed by atoms with Gasteiger partial charge in [0.15, 0.2) is 0 Å². The molecule has 0 aromatic heterocycles. The van der Waals surface area contributed by atoms with Crippen molar-refractivity contribution in [3.63, 3.8) is 0 Å². The topological polar surface area (TPSA) is 49.3 Å². The van der Waals surface area contributed by atoms with Gasteiger partial charge < -0.3 is 10.4 Å². The smallest absolute Gasteiger partial charge is 0.307 e. The van der Waals surface area contributed by atoms with Crippen molar-refractivity contribution >= 4 is 28.9 Å². The van der Waals surface area contributed by atoms with Gasteiger partial charge in [0.25, 0.3) is 0 Å². The van der Waals surface area contributed by atoms with E-state index in [9.17, 15) is 9.18 Å². The largest absolute Gasteiger partial charge is 0.481 e. The van der Waals surface area contributed by atoms with E-state index in [1.807, 2.05) is 26.8 Å². The highest BCUT2D eigenvalue weighted by Gasteiger charge is 2.11. The molecule has 0 saturated carbocycles. The van der Waals surface area contributed by atoms with Gasteiger partial charge in [0.2, 0.25) is 0 Å². The maximum atomic E-state index is 13.7. The monoisotopic (exact) mass is 323 g/mol. The third-order valence-electron chi connectivity index (χ3n) is 2.82. The van der Waals surface area contributed by atoms with Gasteiger partial charge in [-0.3, -0.25) is 4.79 Å². The van der Waals surface area contributed by atoms with E-state index in [1.54, 1.807) is 18.2 Å². The number of carbonyl (C=O) groups is 1. The predicted octanol–water partition coefficient (Wildman–Crippen LogP) is 5.18. The molecule has 0 aliphatic rings. The highest BCUT2D eigenvalue weighted by molar-refractivity contribution is 6.33. The van der Waals surface area contributed by atoms with E-state index in [2.05, 4.69) is 5.32 Å². The summed E-state index contributed by atoms with van der Waals surface area (Å²) in [4.78, 5) is 10.9. The van der Waals surface area contributed by atoms with Crippen molar-refractivity contribution in [2.45, 2.75) is 27.2 Å². The van der Waals surface area contributed by atoms with Gasteiger partial charge in [-0.2, -0.15) is 0 Å². The Bertz CT molecular complexity index is 639. The number of hydrogen-bond acceptors (Lipinski definition) is 2. The molecule has 0 saturated heterocycles. The number of rotatable bonds is 4. The third kappa shape index (κ3) is 4.74. The Morgan fingerprint density at radius 1 is 1.27 bits per heavy atom. The van der Waals surface area contributed by atoms with Crippen LogP contribution >= 0.6 is 11.6 Å². The van der Waals surface area contributed by atoms with Gasteiger partial charge in [0.1, 0.15) is 5.82 Å². The van der Waals surface area contributed by atoms with Gasteiger partial charge in [-0.05, 0) is 30.7 Å². The Balaban J connectivity index is 0.00000116. The first kappa shape index (κ1) is 18.0. The van der Waals surface area contributed by atoms with Crippen LogP contribution in [0.15, 0.2) is 36.4 Å². The SMILES string of the molecule is CC.Cc1ccc(Nc2c(F)cccc2Cl)c(CC(=O)O)c1. The molecule has 0 radical (unpaired) electrons. The Morgan fingerprint density at radius 3 is 2.55 bits per heavy atom. The van der Waals surface area contributed by atoms with Crippen molar-refractivity contribution < 1.29 is 14.3 Å². The second-order valence-corrected chi connectivity index (χ2v) is 4.86. The summed E-state index contributed by atoms with van der Waals surface area (Å²) in [5, 5.41) is 12.0. The summed E-state index contributed by atoms with van der Waals surface area (Å²) in [6, 6.07) is 9.66. The summed E-state index contributed by atoms with van der Waals surface area (Å²) in [5.74, 6) is -1.43. The summed E-state index contributed by atoms with van der Waals surface area (Å²) < 4.78 is 13.7.